The molecule has 5 nitrogen and oxygen atoms in total. The highest BCUT2D eigenvalue weighted by molar-refractivity contribution is 9.10. The first-order chi connectivity index (χ1) is 13.4. The summed E-state index contributed by atoms with van der Waals surface area (Å²) in [6.45, 7) is 3.97. The Balaban J connectivity index is 2.35. The average molecular weight is 439 g/mol. The number of hydrogen-bond donors (Lipinski definition) is 1. The Morgan fingerprint density at radius 1 is 1.32 bits per heavy atom. The second kappa shape index (κ2) is 9.64. The molecular weight excluding hydrogens is 420 g/mol. The Hall–Kier alpha value is -3.22. The minimum atomic E-state index is -0.491. The summed E-state index contributed by atoms with van der Waals surface area (Å²) >= 11 is 3.42. The van der Waals surface area contributed by atoms with Crippen LogP contribution in [0, 0.1) is 37.5 Å². The SMILES string of the molecule is C#CCOc1cc(Br)c(/C=C(\C#N)C(=O)Nc2cccc(C)c2C)cc1OC. The molecule has 0 spiro atoms. The lowest BCUT2D eigenvalue weighted by Gasteiger charge is -2.12. The highest BCUT2D eigenvalue weighted by Gasteiger charge is 2.14. The van der Waals surface area contributed by atoms with Gasteiger partial charge < -0.3 is 14.8 Å². The molecule has 0 aromatic heterocycles. The van der Waals surface area contributed by atoms with E-state index >= 15 is 0 Å². The highest BCUT2D eigenvalue weighted by Crippen LogP contribution is 2.34. The van der Waals surface area contributed by atoms with Crippen LogP contribution in [0.2, 0.25) is 0 Å². The first-order valence-corrected chi connectivity index (χ1v) is 9.13. The standard InChI is InChI=1S/C22H19BrN2O3/c1-5-9-28-21-12-18(23)16(11-20(21)27-4)10-17(13-24)22(26)25-19-8-6-7-14(2)15(19)3/h1,6-8,10-12H,9H2,2-4H3,(H,25,26)/b17-10+. The Labute approximate surface area is 173 Å². The molecule has 0 saturated heterocycles. The number of ether oxygens (including phenoxy) is 2. The molecule has 0 atom stereocenters. The monoisotopic (exact) mass is 438 g/mol. The van der Waals surface area contributed by atoms with E-state index in [9.17, 15) is 10.1 Å². The van der Waals surface area contributed by atoms with Gasteiger partial charge in [-0.3, -0.25) is 4.79 Å². The van der Waals surface area contributed by atoms with Crippen molar-refractivity contribution in [1.29, 1.82) is 5.26 Å². The molecule has 0 heterocycles. The second-order valence-corrected chi connectivity index (χ2v) is 6.74. The number of hydrogen-bond acceptors (Lipinski definition) is 4. The molecule has 0 bridgehead atoms. The quantitative estimate of drug-likeness (QED) is 0.405. The van der Waals surface area contributed by atoms with E-state index in [1.807, 2.05) is 32.0 Å². The normalized spacial score (nSPS) is 10.6. The van der Waals surface area contributed by atoms with Gasteiger partial charge in [0.2, 0.25) is 0 Å². The number of amides is 1. The number of carbonyl (C=O) groups is 1. The minimum Gasteiger partial charge on any atom is -0.493 e. The zero-order chi connectivity index (χ0) is 20.7. The van der Waals surface area contributed by atoms with Crippen molar-refractivity contribution in [2.24, 2.45) is 0 Å². The Bertz CT molecular complexity index is 1010. The van der Waals surface area contributed by atoms with Gasteiger partial charge in [0.15, 0.2) is 11.5 Å². The second-order valence-electron chi connectivity index (χ2n) is 5.89. The van der Waals surface area contributed by atoms with Crippen LogP contribution in [0.1, 0.15) is 16.7 Å². The van der Waals surface area contributed by atoms with Crippen molar-refractivity contribution in [3.8, 4) is 29.9 Å². The van der Waals surface area contributed by atoms with Gasteiger partial charge in [-0.15, -0.1) is 6.42 Å². The van der Waals surface area contributed by atoms with Crippen molar-refractivity contribution in [3.05, 3.63) is 57.1 Å². The van der Waals surface area contributed by atoms with Crippen molar-refractivity contribution in [2.75, 3.05) is 19.0 Å². The number of nitriles is 1. The Morgan fingerprint density at radius 3 is 2.71 bits per heavy atom. The lowest BCUT2D eigenvalue weighted by atomic mass is 10.1. The lowest BCUT2D eigenvalue weighted by Crippen LogP contribution is -2.14. The van der Waals surface area contributed by atoms with Crippen LogP contribution in [0.4, 0.5) is 5.69 Å². The van der Waals surface area contributed by atoms with E-state index in [4.69, 9.17) is 15.9 Å². The van der Waals surface area contributed by atoms with E-state index in [0.29, 0.717) is 27.2 Å². The lowest BCUT2D eigenvalue weighted by molar-refractivity contribution is -0.112. The summed E-state index contributed by atoms with van der Waals surface area (Å²) in [5, 5.41) is 12.3. The van der Waals surface area contributed by atoms with Gasteiger partial charge in [0.05, 0.1) is 7.11 Å². The van der Waals surface area contributed by atoms with E-state index < -0.39 is 5.91 Å². The fourth-order valence-electron chi connectivity index (χ4n) is 2.43. The number of halogens is 1. The zero-order valence-corrected chi connectivity index (χ0v) is 17.4. The number of benzene rings is 2. The molecular formula is C22H19BrN2O3. The maximum atomic E-state index is 12.6. The zero-order valence-electron chi connectivity index (χ0n) is 15.8. The van der Waals surface area contributed by atoms with Crippen LogP contribution in [0.5, 0.6) is 11.5 Å². The maximum Gasteiger partial charge on any atom is 0.266 e. The number of aryl methyl sites for hydroxylation is 1. The van der Waals surface area contributed by atoms with E-state index in [0.717, 1.165) is 11.1 Å². The van der Waals surface area contributed by atoms with Gasteiger partial charge in [-0.05, 0) is 54.8 Å². The van der Waals surface area contributed by atoms with Gasteiger partial charge in [0, 0.05) is 10.2 Å². The number of anilines is 1. The van der Waals surface area contributed by atoms with Crippen molar-refractivity contribution >= 4 is 33.6 Å². The summed E-state index contributed by atoms with van der Waals surface area (Å²) in [4.78, 5) is 12.6. The highest BCUT2D eigenvalue weighted by atomic mass is 79.9. The van der Waals surface area contributed by atoms with Crippen LogP contribution in [0.15, 0.2) is 40.4 Å². The number of terminal acetylenes is 1. The third-order valence-electron chi connectivity index (χ3n) is 4.11. The minimum absolute atomic E-state index is 0.0408. The average Bonchev–Trinajstić information content (AvgIpc) is 2.68. The molecule has 28 heavy (non-hydrogen) atoms. The predicted molar refractivity (Wildman–Crippen MR) is 113 cm³/mol. The van der Waals surface area contributed by atoms with Gasteiger partial charge in [-0.1, -0.05) is 34.0 Å². The van der Waals surface area contributed by atoms with Gasteiger partial charge in [-0.25, -0.2) is 0 Å². The number of carbonyl (C=O) groups excluding carboxylic acids is 1. The number of rotatable bonds is 6. The number of methoxy groups -OCH3 is 1. The van der Waals surface area contributed by atoms with Crippen molar-refractivity contribution < 1.29 is 14.3 Å². The maximum absolute atomic E-state index is 12.6. The van der Waals surface area contributed by atoms with Crippen LogP contribution >= 0.6 is 15.9 Å². The molecule has 1 N–H and O–H groups in total. The fourth-order valence-corrected chi connectivity index (χ4v) is 2.87. The molecule has 2 rings (SSSR count). The third kappa shape index (κ3) is 4.94. The smallest absolute Gasteiger partial charge is 0.266 e. The van der Waals surface area contributed by atoms with Crippen LogP contribution in [-0.4, -0.2) is 19.6 Å². The van der Waals surface area contributed by atoms with Crippen molar-refractivity contribution in [2.45, 2.75) is 13.8 Å². The summed E-state index contributed by atoms with van der Waals surface area (Å²) in [5.41, 5.74) is 3.22. The molecule has 0 aliphatic heterocycles. The summed E-state index contributed by atoms with van der Waals surface area (Å²) in [6.07, 6.45) is 6.70. The van der Waals surface area contributed by atoms with E-state index in [1.54, 1.807) is 18.2 Å². The van der Waals surface area contributed by atoms with Gasteiger partial charge in [-0.2, -0.15) is 5.26 Å². The molecule has 2 aromatic rings. The first-order valence-electron chi connectivity index (χ1n) is 8.34. The molecule has 2 aromatic carbocycles. The Kier molecular flexibility index (Phi) is 7.26. The Morgan fingerprint density at radius 2 is 2.07 bits per heavy atom. The van der Waals surface area contributed by atoms with E-state index in [2.05, 4.69) is 27.2 Å². The van der Waals surface area contributed by atoms with Crippen molar-refractivity contribution in [3.63, 3.8) is 0 Å². The summed E-state index contributed by atoms with van der Waals surface area (Å²) in [7, 11) is 1.50. The van der Waals surface area contributed by atoms with Crippen LogP contribution in [0.25, 0.3) is 6.08 Å². The summed E-state index contributed by atoms with van der Waals surface area (Å²) in [6, 6.07) is 10.9. The summed E-state index contributed by atoms with van der Waals surface area (Å²) < 4.78 is 11.4. The molecule has 6 heteroatoms. The van der Waals surface area contributed by atoms with Gasteiger partial charge >= 0.3 is 0 Å². The topological polar surface area (TPSA) is 71.3 Å². The van der Waals surface area contributed by atoms with Crippen LogP contribution < -0.4 is 14.8 Å². The number of nitrogens with zero attached hydrogens (tertiary/aromatic N) is 1. The van der Waals surface area contributed by atoms with E-state index in [-0.39, 0.29) is 12.2 Å². The van der Waals surface area contributed by atoms with E-state index in [1.165, 1.54) is 13.2 Å². The summed E-state index contributed by atoms with van der Waals surface area (Å²) in [5.74, 6) is 2.80. The number of nitrogens with one attached hydrogen (secondary N) is 1. The third-order valence-corrected chi connectivity index (χ3v) is 4.80. The molecule has 0 unspecified atom stereocenters. The first kappa shape index (κ1) is 21.1. The van der Waals surface area contributed by atoms with Gasteiger partial charge in [0.1, 0.15) is 18.2 Å². The molecule has 0 radical (unpaired) electrons. The van der Waals surface area contributed by atoms with Crippen LogP contribution in [0.3, 0.4) is 0 Å². The molecule has 142 valence electrons. The van der Waals surface area contributed by atoms with Crippen LogP contribution in [-0.2, 0) is 4.79 Å². The molecule has 1 amide bonds. The largest absolute Gasteiger partial charge is 0.493 e. The fraction of sp³-hybridized carbons (Fsp3) is 0.182. The van der Waals surface area contributed by atoms with Gasteiger partial charge in [0.25, 0.3) is 5.91 Å². The molecule has 0 aliphatic carbocycles. The molecule has 0 fully saturated rings. The molecule has 0 aliphatic rings. The predicted octanol–water partition coefficient (Wildman–Crippen LogP) is 4.63. The molecule has 0 saturated carbocycles. The van der Waals surface area contributed by atoms with Crippen molar-refractivity contribution in [1.82, 2.24) is 0 Å².